The normalized spacial score (nSPS) is 11.9. The molecule has 124 valence electrons. The van der Waals surface area contributed by atoms with Gasteiger partial charge in [-0.05, 0) is 19.1 Å². The van der Waals surface area contributed by atoms with Crippen LogP contribution in [0, 0.1) is 0 Å². The van der Waals surface area contributed by atoms with E-state index in [1.807, 2.05) is 82.0 Å². The van der Waals surface area contributed by atoms with Crippen molar-refractivity contribution >= 4 is 11.9 Å². The summed E-state index contributed by atoms with van der Waals surface area (Å²) < 4.78 is 0. The maximum absolute atomic E-state index is 12.4. The summed E-state index contributed by atoms with van der Waals surface area (Å²) in [6.45, 7) is 5.98. The predicted octanol–water partition coefficient (Wildman–Crippen LogP) is 2.61. The average Bonchev–Trinajstić information content (AvgIpc) is 2.55. The molecule has 0 bridgehead atoms. The first-order chi connectivity index (χ1) is 10.4. The third-order valence-electron chi connectivity index (χ3n) is 3.38. The van der Waals surface area contributed by atoms with Gasteiger partial charge in [0.05, 0.1) is 0 Å². The van der Waals surface area contributed by atoms with Crippen molar-refractivity contribution in [2.45, 2.75) is 26.9 Å². The number of benzene rings is 1. The molecule has 1 unspecified atom stereocenters. The number of aliphatic imine (C=N–C) groups is 1. The highest BCUT2D eigenvalue weighted by Crippen LogP contribution is 2.09. The molecule has 0 N–H and O–H groups in total. The van der Waals surface area contributed by atoms with Gasteiger partial charge in [-0.1, -0.05) is 32.0 Å². The van der Waals surface area contributed by atoms with Crippen LogP contribution >= 0.6 is 0 Å². The lowest BCUT2D eigenvalue weighted by Crippen LogP contribution is -2.51. The molecule has 5 heteroatoms. The van der Waals surface area contributed by atoms with E-state index in [2.05, 4.69) is 4.99 Å². The van der Waals surface area contributed by atoms with Gasteiger partial charge in [-0.3, -0.25) is 9.79 Å². The lowest BCUT2D eigenvalue weighted by molar-refractivity contribution is 0.0629. The lowest BCUT2D eigenvalue weighted by Gasteiger charge is -2.36. The largest absolute Gasteiger partial charge is 0.349 e. The fourth-order valence-electron chi connectivity index (χ4n) is 2.05. The molecular weight excluding hydrogens is 276 g/mol. The molecule has 0 aliphatic rings. The van der Waals surface area contributed by atoms with E-state index >= 15 is 0 Å². The van der Waals surface area contributed by atoms with Crippen LogP contribution in [0.25, 0.3) is 0 Å². The molecule has 1 aromatic carbocycles. The van der Waals surface area contributed by atoms with Gasteiger partial charge in [0.15, 0.2) is 5.96 Å². The van der Waals surface area contributed by atoms with Gasteiger partial charge < -0.3 is 14.7 Å². The van der Waals surface area contributed by atoms with Crippen LogP contribution in [0.15, 0.2) is 35.3 Å². The van der Waals surface area contributed by atoms with Gasteiger partial charge in [0.1, 0.15) is 6.17 Å². The first-order valence-corrected chi connectivity index (χ1v) is 7.59. The van der Waals surface area contributed by atoms with Crippen molar-refractivity contribution in [3.8, 4) is 0 Å². The van der Waals surface area contributed by atoms with Crippen LogP contribution < -0.4 is 0 Å². The summed E-state index contributed by atoms with van der Waals surface area (Å²) in [6, 6.07) is 9.29. The second kappa shape index (κ2) is 9.82. The van der Waals surface area contributed by atoms with Gasteiger partial charge in [-0.2, -0.15) is 0 Å². The van der Waals surface area contributed by atoms with Crippen molar-refractivity contribution < 1.29 is 4.79 Å². The van der Waals surface area contributed by atoms with Crippen LogP contribution in [0.4, 0.5) is 0 Å². The Kier molecular flexibility index (Phi) is 8.91. The van der Waals surface area contributed by atoms with Crippen LogP contribution in [0.3, 0.4) is 0 Å². The van der Waals surface area contributed by atoms with Gasteiger partial charge >= 0.3 is 0 Å². The molecule has 1 atom stereocenters. The Morgan fingerprint density at radius 3 is 1.91 bits per heavy atom. The number of amides is 1. The van der Waals surface area contributed by atoms with Crippen molar-refractivity contribution in [2.24, 2.45) is 4.99 Å². The van der Waals surface area contributed by atoms with E-state index < -0.39 is 0 Å². The summed E-state index contributed by atoms with van der Waals surface area (Å²) in [4.78, 5) is 22.3. The Morgan fingerprint density at radius 2 is 1.50 bits per heavy atom. The highest BCUT2D eigenvalue weighted by Gasteiger charge is 2.23. The molecule has 0 radical (unpaired) electrons. The smallest absolute Gasteiger partial charge is 0.255 e. The molecule has 0 saturated heterocycles. The zero-order chi connectivity index (χ0) is 17.3. The van der Waals surface area contributed by atoms with E-state index in [0.29, 0.717) is 5.56 Å². The van der Waals surface area contributed by atoms with E-state index in [1.165, 1.54) is 0 Å². The molecule has 0 heterocycles. The number of carbonyl (C=O) groups excluding carboxylic acids is 1. The maximum atomic E-state index is 12.4. The quantitative estimate of drug-likeness (QED) is 0.489. The zero-order valence-corrected chi connectivity index (χ0v) is 15.2. The summed E-state index contributed by atoms with van der Waals surface area (Å²) >= 11 is 0. The Hall–Kier alpha value is -2.04. The second-order valence-corrected chi connectivity index (χ2v) is 4.94. The minimum Gasteiger partial charge on any atom is -0.349 e. The monoisotopic (exact) mass is 306 g/mol. The van der Waals surface area contributed by atoms with Gasteiger partial charge in [-0.25, -0.2) is 0 Å². The van der Waals surface area contributed by atoms with Crippen LogP contribution in [0.2, 0.25) is 0 Å². The third kappa shape index (κ3) is 5.06. The standard InChI is InChI=1S/C15H24N4O.C2H6/c1-12(19(6)15(16-2)17(3)4)18(5)14(20)13-10-8-7-9-11-13;1-2/h7-12H,1-6H3;1-2H3. The molecule has 1 rings (SSSR count). The summed E-state index contributed by atoms with van der Waals surface area (Å²) in [5, 5.41) is 0. The topological polar surface area (TPSA) is 39.1 Å². The fourth-order valence-corrected chi connectivity index (χ4v) is 2.05. The van der Waals surface area contributed by atoms with E-state index in [0.717, 1.165) is 5.96 Å². The van der Waals surface area contributed by atoms with E-state index in [4.69, 9.17) is 0 Å². The van der Waals surface area contributed by atoms with Gasteiger partial charge in [0.2, 0.25) is 0 Å². The van der Waals surface area contributed by atoms with Crippen LogP contribution in [0.5, 0.6) is 0 Å². The summed E-state index contributed by atoms with van der Waals surface area (Å²) in [7, 11) is 9.36. The number of guanidine groups is 1. The number of nitrogens with zero attached hydrogens (tertiary/aromatic N) is 4. The first kappa shape index (κ1) is 20.0. The molecule has 0 aromatic heterocycles. The molecule has 0 spiro atoms. The van der Waals surface area contributed by atoms with E-state index in [9.17, 15) is 4.79 Å². The molecule has 5 nitrogen and oxygen atoms in total. The second-order valence-electron chi connectivity index (χ2n) is 4.94. The van der Waals surface area contributed by atoms with Crippen LogP contribution in [-0.4, -0.2) is 68.0 Å². The average molecular weight is 306 g/mol. The molecule has 0 fully saturated rings. The van der Waals surface area contributed by atoms with E-state index in [-0.39, 0.29) is 12.1 Å². The Morgan fingerprint density at radius 1 is 1.00 bits per heavy atom. The maximum Gasteiger partial charge on any atom is 0.255 e. The highest BCUT2D eigenvalue weighted by atomic mass is 16.2. The van der Waals surface area contributed by atoms with Gasteiger partial charge in [0.25, 0.3) is 5.91 Å². The Bertz CT molecular complexity index is 471. The van der Waals surface area contributed by atoms with Gasteiger partial charge in [0, 0.05) is 40.8 Å². The molecule has 1 aromatic rings. The summed E-state index contributed by atoms with van der Waals surface area (Å²) in [6.07, 6.45) is -0.0937. The fraction of sp³-hybridized carbons (Fsp3) is 0.529. The molecule has 1 amide bonds. The summed E-state index contributed by atoms with van der Waals surface area (Å²) in [5.41, 5.74) is 0.690. The molecule has 0 aliphatic heterocycles. The molecule has 0 saturated carbocycles. The zero-order valence-electron chi connectivity index (χ0n) is 15.2. The highest BCUT2D eigenvalue weighted by molar-refractivity contribution is 5.94. The van der Waals surface area contributed by atoms with Crippen molar-refractivity contribution in [3.63, 3.8) is 0 Å². The lowest BCUT2D eigenvalue weighted by atomic mass is 10.2. The number of rotatable bonds is 3. The van der Waals surface area contributed by atoms with Crippen LogP contribution in [0.1, 0.15) is 31.1 Å². The van der Waals surface area contributed by atoms with Crippen molar-refractivity contribution in [3.05, 3.63) is 35.9 Å². The molecular formula is C17H30N4O. The number of hydrogen-bond donors (Lipinski definition) is 0. The van der Waals surface area contributed by atoms with E-state index in [1.54, 1.807) is 19.0 Å². The van der Waals surface area contributed by atoms with Crippen LogP contribution in [-0.2, 0) is 0 Å². The van der Waals surface area contributed by atoms with Crippen molar-refractivity contribution in [2.75, 3.05) is 35.2 Å². The number of carbonyl (C=O) groups is 1. The van der Waals surface area contributed by atoms with Gasteiger partial charge in [-0.15, -0.1) is 0 Å². The molecule has 0 aliphatic carbocycles. The minimum atomic E-state index is -0.0937. The third-order valence-corrected chi connectivity index (χ3v) is 3.38. The SMILES string of the molecule is CC.CN=C(N(C)C)N(C)C(C)N(C)C(=O)c1ccccc1. The predicted molar refractivity (Wildman–Crippen MR) is 94.2 cm³/mol. The summed E-state index contributed by atoms with van der Waals surface area (Å²) in [5.74, 6) is 0.823. The number of hydrogen-bond acceptors (Lipinski definition) is 2. The first-order valence-electron chi connectivity index (χ1n) is 7.59. The Balaban J connectivity index is 0.00000211. The molecule has 22 heavy (non-hydrogen) atoms. The van der Waals surface area contributed by atoms with Crippen molar-refractivity contribution in [1.82, 2.24) is 14.7 Å². The minimum absolute atomic E-state index is 0.000779. The Labute approximate surface area is 135 Å². The van der Waals surface area contributed by atoms with Crippen molar-refractivity contribution in [1.29, 1.82) is 0 Å².